The number of benzene rings is 4. The maximum atomic E-state index is 12.4. The smallest absolute Gasteiger partial charge is 0.166 e. The van der Waals surface area contributed by atoms with Crippen molar-refractivity contribution in [2.75, 3.05) is 0 Å². The zero-order valence-corrected chi connectivity index (χ0v) is 22.5. The molecule has 0 atom stereocenters. The second-order valence-corrected chi connectivity index (χ2v) is 10.1. The standard InChI is InChI=1S/C13H14.C11H13F3.C9H12/c1-10(2)12-8-7-11-5-3-4-6-13(11)9-12;1-7(2)9-4-8(3)5-10(6-9)11(12,13)14;1-8(2)9-6-4-3-5-7-9/h3-10H,1-2H3;4-7H,1-3H3;3-8H,1-2H3. The van der Waals surface area contributed by atoms with Crippen LogP contribution in [0.4, 0.5) is 13.2 Å². The van der Waals surface area contributed by atoms with Crippen LogP contribution in [0.5, 0.6) is 0 Å². The first-order chi connectivity index (χ1) is 16.9. The van der Waals surface area contributed by atoms with E-state index in [1.807, 2.05) is 19.9 Å². The molecule has 0 saturated carbocycles. The van der Waals surface area contributed by atoms with Gasteiger partial charge in [0, 0.05) is 0 Å². The van der Waals surface area contributed by atoms with Crippen molar-refractivity contribution < 1.29 is 13.2 Å². The summed E-state index contributed by atoms with van der Waals surface area (Å²) in [4.78, 5) is 0. The molecular weight excluding hydrogens is 453 g/mol. The normalized spacial score (nSPS) is 11.2. The fourth-order valence-electron chi connectivity index (χ4n) is 3.71. The van der Waals surface area contributed by atoms with Crippen LogP contribution in [0.25, 0.3) is 10.8 Å². The van der Waals surface area contributed by atoms with Crippen LogP contribution in [0, 0.1) is 6.92 Å². The van der Waals surface area contributed by atoms with Crippen molar-refractivity contribution in [2.24, 2.45) is 0 Å². The molecule has 0 spiro atoms. The summed E-state index contributed by atoms with van der Waals surface area (Å²) in [6, 6.07) is 29.9. The average Bonchev–Trinajstić information content (AvgIpc) is 2.84. The van der Waals surface area contributed by atoms with E-state index in [-0.39, 0.29) is 5.92 Å². The van der Waals surface area contributed by atoms with E-state index < -0.39 is 11.7 Å². The van der Waals surface area contributed by atoms with Gasteiger partial charge in [0.05, 0.1) is 5.56 Å². The van der Waals surface area contributed by atoms with Crippen LogP contribution in [0.15, 0.2) is 91.0 Å². The van der Waals surface area contributed by atoms with Gasteiger partial charge in [-0.2, -0.15) is 13.2 Å². The molecular formula is C33H39F3. The average molecular weight is 493 g/mol. The van der Waals surface area contributed by atoms with E-state index in [1.165, 1.54) is 34.0 Å². The van der Waals surface area contributed by atoms with Gasteiger partial charge in [-0.15, -0.1) is 0 Å². The molecule has 3 heteroatoms. The third-order valence-electron chi connectivity index (χ3n) is 6.00. The lowest BCUT2D eigenvalue weighted by molar-refractivity contribution is -0.137. The van der Waals surface area contributed by atoms with Gasteiger partial charge < -0.3 is 0 Å². The lowest BCUT2D eigenvalue weighted by atomic mass is 9.98. The van der Waals surface area contributed by atoms with Gasteiger partial charge in [0.1, 0.15) is 0 Å². The Morgan fingerprint density at radius 1 is 0.500 bits per heavy atom. The molecule has 0 aliphatic rings. The second kappa shape index (κ2) is 13.3. The van der Waals surface area contributed by atoms with Crippen LogP contribution in [0.2, 0.25) is 0 Å². The molecule has 192 valence electrons. The number of aryl methyl sites for hydroxylation is 1. The molecule has 0 saturated heterocycles. The topological polar surface area (TPSA) is 0 Å². The van der Waals surface area contributed by atoms with Gasteiger partial charge in [0.2, 0.25) is 0 Å². The van der Waals surface area contributed by atoms with Crippen molar-refractivity contribution in [3.05, 3.63) is 119 Å². The summed E-state index contributed by atoms with van der Waals surface area (Å²) in [5.74, 6) is 1.40. The third-order valence-corrected chi connectivity index (χ3v) is 6.00. The molecule has 0 unspecified atom stereocenters. The van der Waals surface area contributed by atoms with Crippen molar-refractivity contribution in [1.29, 1.82) is 0 Å². The Morgan fingerprint density at radius 3 is 1.53 bits per heavy atom. The first kappa shape index (κ1) is 29.2. The van der Waals surface area contributed by atoms with Crippen molar-refractivity contribution >= 4 is 10.8 Å². The number of rotatable bonds is 3. The summed E-state index contributed by atoms with van der Waals surface area (Å²) < 4.78 is 37.2. The Hall–Kier alpha value is -3.07. The fraction of sp³-hybridized carbons (Fsp3) is 0.333. The molecule has 0 amide bonds. The molecule has 0 heterocycles. The highest BCUT2D eigenvalue weighted by Crippen LogP contribution is 2.32. The Balaban J connectivity index is 0.000000195. The van der Waals surface area contributed by atoms with E-state index in [0.717, 1.165) is 5.56 Å². The third kappa shape index (κ3) is 9.18. The number of hydrogen-bond donors (Lipinski definition) is 0. The maximum absolute atomic E-state index is 12.4. The lowest BCUT2D eigenvalue weighted by Gasteiger charge is -2.12. The molecule has 4 aromatic carbocycles. The van der Waals surface area contributed by atoms with Crippen molar-refractivity contribution in [2.45, 2.75) is 72.4 Å². The zero-order valence-electron chi connectivity index (χ0n) is 22.5. The van der Waals surface area contributed by atoms with Crippen molar-refractivity contribution in [3.8, 4) is 0 Å². The number of hydrogen-bond acceptors (Lipinski definition) is 0. The summed E-state index contributed by atoms with van der Waals surface area (Å²) in [5.41, 5.74) is 3.67. The summed E-state index contributed by atoms with van der Waals surface area (Å²) in [7, 11) is 0. The molecule has 36 heavy (non-hydrogen) atoms. The second-order valence-electron chi connectivity index (χ2n) is 10.1. The molecule has 0 aromatic heterocycles. The number of alkyl halides is 3. The highest BCUT2D eigenvalue weighted by atomic mass is 19.4. The van der Waals surface area contributed by atoms with Crippen LogP contribution in [-0.2, 0) is 6.18 Å². The quantitative estimate of drug-likeness (QED) is 0.267. The molecule has 4 rings (SSSR count). The Labute approximate surface area is 215 Å². The molecule has 0 radical (unpaired) electrons. The van der Waals surface area contributed by atoms with Crippen LogP contribution in [0.1, 0.15) is 87.1 Å². The van der Waals surface area contributed by atoms with Gasteiger partial charge in [-0.1, -0.05) is 126 Å². The van der Waals surface area contributed by atoms with Gasteiger partial charge in [0.15, 0.2) is 0 Å². The van der Waals surface area contributed by atoms with Crippen molar-refractivity contribution in [1.82, 2.24) is 0 Å². The van der Waals surface area contributed by atoms with Gasteiger partial charge >= 0.3 is 6.18 Å². The predicted molar refractivity (Wildman–Crippen MR) is 149 cm³/mol. The number of halogens is 3. The molecule has 0 bridgehead atoms. The highest BCUT2D eigenvalue weighted by Gasteiger charge is 2.30. The minimum atomic E-state index is -4.24. The van der Waals surface area contributed by atoms with Crippen LogP contribution >= 0.6 is 0 Å². The largest absolute Gasteiger partial charge is 0.416 e. The minimum absolute atomic E-state index is 0.121. The first-order valence-corrected chi connectivity index (χ1v) is 12.6. The maximum Gasteiger partial charge on any atom is 0.416 e. The van der Waals surface area contributed by atoms with Gasteiger partial charge in [-0.3, -0.25) is 0 Å². The summed E-state index contributed by atoms with van der Waals surface area (Å²) in [6.07, 6.45) is -4.24. The molecule has 0 aliphatic carbocycles. The Bertz CT molecular complexity index is 1200. The fourth-order valence-corrected chi connectivity index (χ4v) is 3.71. The molecule has 4 aromatic rings. The SMILES string of the molecule is CC(C)c1ccc2ccccc2c1.CC(C)c1ccccc1.Cc1cc(C(C)C)cc(C(F)(F)F)c1. The molecule has 0 nitrogen and oxygen atoms in total. The minimum Gasteiger partial charge on any atom is -0.166 e. The van der Waals surface area contributed by atoms with E-state index in [9.17, 15) is 13.2 Å². The summed E-state index contributed by atoms with van der Waals surface area (Å²) in [6.45, 7) is 14.3. The summed E-state index contributed by atoms with van der Waals surface area (Å²) in [5, 5.41) is 2.67. The van der Waals surface area contributed by atoms with E-state index in [1.54, 1.807) is 13.0 Å². The van der Waals surface area contributed by atoms with Crippen molar-refractivity contribution in [3.63, 3.8) is 0 Å². The summed E-state index contributed by atoms with van der Waals surface area (Å²) >= 11 is 0. The molecule has 0 N–H and O–H groups in total. The van der Waals surface area contributed by atoms with Crippen LogP contribution < -0.4 is 0 Å². The Kier molecular flexibility index (Phi) is 10.8. The van der Waals surface area contributed by atoms with Gasteiger partial charge in [-0.05, 0) is 64.3 Å². The molecule has 0 aliphatic heterocycles. The zero-order chi connectivity index (χ0) is 26.9. The van der Waals surface area contributed by atoms with E-state index in [2.05, 4.69) is 94.4 Å². The first-order valence-electron chi connectivity index (χ1n) is 12.6. The monoisotopic (exact) mass is 492 g/mol. The van der Waals surface area contributed by atoms with Gasteiger partial charge in [0.25, 0.3) is 0 Å². The van der Waals surface area contributed by atoms with E-state index in [4.69, 9.17) is 0 Å². The van der Waals surface area contributed by atoms with E-state index in [0.29, 0.717) is 17.4 Å². The number of fused-ring (bicyclic) bond motifs is 1. The predicted octanol–water partition coefficient (Wildman–Crippen LogP) is 10.9. The van der Waals surface area contributed by atoms with Crippen LogP contribution in [0.3, 0.4) is 0 Å². The Morgan fingerprint density at radius 2 is 1.03 bits per heavy atom. The van der Waals surface area contributed by atoms with E-state index >= 15 is 0 Å². The van der Waals surface area contributed by atoms with Gasteiger partial charge in [-0.25, -0.2) is 0 Å². The molecule has 0 fully saturated rings. The highest BCUT2D eigenvalue weighted by molar-refractivity contribution is 5.83. The van der Waals surface area contributed by atoms with Crippen LogP contribution in [-0.4, -0.2) is 0 Å². The lowest BCUT2D eigenvalue weighted by Crippen LogP contribution is -2.06.